The largest absolute Gasteiger partial charge is 0.497 e. The van der Waals surface area contributed by atoms with E-state index in [1.54, 1.807) is 18.2 Å². The molecule has 0 saturated carbocycles. The predicted molar refractivity (Wildman–Crippen MR) is 95.9 cm³/mol. The fourth-order valence-electron chi connectivity index (χ4n) is 2.10. The van der Waals surface area contributed by atoms with Gasteiger partial charge in [-0.05, 0) is 25.5 Å². The molecule has 9 heteroatoms. The Morgan fingerprint density at radius 3 is 2.52 bits per heavy atom. The maximum Gasteiger partial charge on any atom is 0.240 e. The van der Waals surface area contributed by atoms with Crippen LogP contribution in [0.4, 0.5) is 5.69 Å². The smallest absolute Gasteiger partial charge is 0.240 e. The molecular formula is C16H26N2O6S. The van der Waals surface area contributed by atoms with Gasteiger partial charge in [-0.25, -0.2) is 8.42 Å². The molecule has 0 fully saturated rings. The number of anilines is 1. The summed E-state index contributed by atoms with van der Waals surface area (Å²) in [5, 5.41) is 2.68. The molecule has 1 amide bonds. The average Bonchev–Trinajstić information content (AvgIpc) is 2.58. The number of nitrogens with zero attached hydrogens (tertiary/aromatic N) is 1. The second kappa shape index (κ2) is 10.1. The maximum absolute atomic E-state index is 12.1. The van der Waals surface area contributed by atoms with E-state index in [4.69, 9.17) is 14.2 Å². The maximum atomic E-state index is 12.1. The van der Waals surface area contributed by atoms with Crippen LogP contribution >= 0.6 is 0 Å². The van der Waals surface area contributed by atoms with Crippen LogP contribution in [0.25, 0.3) is 0 Å². The standard InChI is InChI=1S/C16H26N2O6S/c1-5-24-10-6-9-17-16(19)12-18(25(4,20)21)14-8-7-13(22-2)11-15(14)23-3/h7-8,11H,5-6,9-10,12H2,1-4H3,(H,17,19). The van der Waals surface area contributed by atoms with Gasteiger partial charge in [0.15, 0.2) is 0 Å². The molecule has 0 radical (unpaired) electrons. The van der Waals surface area contributed by atoms with E-state index in [1.165, 1.54) is 14.2 Å². The minimum Gasteiger partial charge on any atom is -0.497 e. The van der Waals surface area contributed by atoms with Gasteiger partial charge in [-0.15, -0.1) is 0 Å². The third kappa shape index (κ3) is 6.79. The number of hydrogen-bond donors (Lipinski definition) is 1. The molecule has 1 aromatic rings. The van der Waals surface area contributed by atoms with Crippen molar-refractivity contribution in [1.29, 1.82) is 0 Å². The van der Waals surface area contributed by atoms with E-state index < -0.39 is 15.9 Å². The van der Waals surface area contributed by atoms with Crippen molar-refractivity contribution in [2.24, 2.45) is 0 Å². The van der Waals surface area contributed by atoms with Crippen molar-refractivity contribution in [1.82, 2.24) is 5.32 Å². The molecule has 0 aliphatic carbocycles. The van der Waals surface area contributed by atoms with Crippen LogP contribution in [0.1, 0.15) is 13.3 Å². The molecule has 0 aliphatic rings. The topological polar surface area (TPSA) is 94.2 Å². The number of methoxy groups -OCH3 is 2. The SMILES string of the molecule is CCOCCCNC(=O)CN(c1ccc(OC)cc1OC)S(C)(=O)=O. The highest BCUT2D eigenvalue weighted by atomic mass is 32.2. The van der Waals surface area contributed by atoms with E-state index >= 15 is 0 Å². The Balaban J connectivity index is 2.87. The van der Waals surface area contributed by atoms with Gasteiger partial charge in [-0.2, -0.15) is 0 Å². The van der Waals surface area contributed by atoms with Crippen LogP contribution in [0.3, 0.4) is 0 Å². The zero-order valence-electron chi connectivity index (χ0n) is 15.1. The fraction of sp³-hybridized carbons (Fsp3) is 0.562. The van der Waals surface area contributed by atoms with Crippen molar-refractivity contribution >= 4 is 21.6 Å². The van der Waals surface area contributed by atoms with Gasteiger partial charge in [0.05, 0.1) is 26.2 Å². The lowest BCUT2D eigenvalue weighted by atomic mass is 10.2. The van der Waals surface area contributed by atoms with E-state index in [0.29, 0.717) is 37.7 Å². The van der Waals surface area contributed by atoms with Crippen molar-refractivity contribution < 1.29 is 27.4 Å². The summed E-state index contributed by atoms with van der Waals surface area (Å²) in [6.07, 6.45) is 1.70. The summed E-state index contributed by atoms with van der Waals surface area (Å²) in [5.41, 5.74) is 0.273. The first-order valence-electron chi connectivity index (χ1n) is 7.87. The number of ether oxygens (including phenoxy) is 3. The molecule has 0 aliphatic heterocycles. The molecule has 0 atom stereocenters. The number of sulfonamides is 1. The van der Waals surface area contributed by atoms with Gasteiger partial charge in [0.2, 0.25) is 15.9 Å². The highest BCUT2D eigenvalue weighted by Gasteiger charge is 2.24. The Morgan fingerprint density at radius 2 is 1.96 bits per heavy atom. The number of carbonyl (C=O) groups is 1. The molecule has 8 nitrogen and oxygen atoms in total. The quantitative estimate of drug-likeness (QED) is 0.581. The molecule has 0 spiro atoms. The summed E-state index contributed by atoms with van der Waals surface area (Å²) in [5.74, 6) is 0.420. The van der Waals surface area contributed by atoms with Gasteiger partial charge in [-0.3, -0.25) is 9.10 Å². The minimum atomic E-state index is -3.68. The van der Waals surface area contributed by atoms with Crippen LogP contribution < -0.4 is 19.1 Å². The van der Waals surface area contributed by atoms with Crippen LogP contribution in [-0.2, 0) is 19.6 Å². The summed E-state index contributed by atoms with van der Waals surface area (Å²) < 4.78 is 40.8. The zero-order valence-corrected chi connectivity index (χ0v) is 15.9. The van der Waals surface area contributed by atoms with Crippen molar-refractivity contribution in [2.75, 3.05) is 51.1 Å². The van der Waals surface area contributed by atoms with Crippen LogP contribution in [0.5, 0.6) is 11.5 Å². The Morgan fingerprint density at radius 1 is 1.24 bits per heavy atom. The Bertz CT molecular complexity index is 663. The number of benzene rings is 1. The molecule has 0 heterocycles. The lowest BCUT2D eigenvalue weighted by Crippen LogP contribution is -2.41. The number of nitrogens with one attached hydrogen (secondary N) is 1. The molecule has 1 rings (SSSR count). The van der Waals surface area contributed by atoms with Gasteiger partial charge < -0.3 is 19.5 Å². The van der Waals surface area contributed by atoms with Crippen molar-refractivity contribution in [3.8, 4) is 11.5 Å². The molecule has 0 saturated heterocycles. The lowest BCUT2D eigenvalue weighted by Gasteiger charge is -2.24. The molecule has 0 unspecified atom stereocenters. The summed E-state index contributed by atoms with van der Waals surface area (Å²) in [4.78, 5) is 12.1. The second-order valence-electron chi connectivity index (χ2n) is 5.21. The number of rotatable bonds is 11. The highest BCUT2D eigenvalue weighted by Crippen LogP contribution is 2.33. The Labute approximate surface area is 149 Å². The van der Waals surface area contributed by atoms with Crippen LogP contribution in [-0.4, -0.2) is 61.1 Å². The third-order valence-electron chi connectivity index (χ3n) is 3.33. The third-order valence-corrected chi connectivity index (χ3v) is 4.46. The summed E-state index contributed by atoms with van der Waals surface area (Å²) >= 11 is 0. The predicted octanol–water partition coefficient (Wildman–Crippen LogP) is 1.01. The molecule has 25 heavy (non-hydrogen) atoms. The minimum absolute atomic E-state index is 0.273. The van der Waals surface area contributed by atoms with Gasteiger partial charge in [0.1, 0.15) is 18.0 Å². The molecule has 0 bridgehead atoms. The van der Waals surface area contributed by atoms with E-state index in [-0.39, 0.29) is 12.2 Å². The average molecular weight is 374 g/mol. The van der Waals surface area contributed by atoms with Crippen molar-refractivity contribution in [2.45, 2.75) is 13.3 Å². The highest BCUT2D eigenvalue weighted by molar-refractivity contribution is 7.92. The first-order valence-corrected chi connectivity index (χ1v) is 9.72. The Kier molecular flexibility index (Phi) is 8.50. The monoisotopic (exact) mass is 374 g/mol. The van der Waals surface area contributed by atoms with Gasteiger partial charge in [0.25, 0.3) is 0 Å². The molecular weight excluding hydrogens is 348 g/mol. The van der Waals surface area contributed by atoms with Crippen molar-refractivity contribution in [3.63, 3.8) is 0 Å². The molecule has 1 aromatic carbocycles. The summed E-state index contributed by atoms with van der Waals surface area (Å²) in [7, 11) is -0.756. The summed E-state index contributed by atoms with van der Waals surface area (Å²) in [6.45, 7) is 3.13. The fourth-order valence-corrected chi connectivity index (χ4v) is 2.96. The van der Waals surface area contributed by atoms with Gasteiger partial charge >= 0.3 is 0 Å². The Hall–Kier alpha value is -2.00. The van der Waals surface area contributed by atoms with Crippen LogP contribution in [0.2, 0.25) is 0 Å². The van der Waals surface area contributed by atoms with Gasteiger partial charge in [0, 0.05) is 25.8 Å². The lowest BCUT2D eigenvalue weighted by molar-refractivity contribution is -0.119. The van der Waals surface area contributed by atoms with E-state index in [9.17, 15) is 13.2 Å². The van der Waals surface area contributed by atoms with Crippen LogP contribution in [0.15, 0.2) is 18.2 Å². The van der Waals surface area contributed by atoms with E-state index in [2.05, 4.69) is 5.32 Å². The number of hydrogen-bond acceptors (Lipinski definition) is 6. The number of amides is 1. The van der Waals surface area contributed by atoms with E-state index in [1.807, 2.05) is 6.92 Å². The normalized spacial score (nSPS) is 11.0. The van der Waals surface area contributed by atoms with E-state index in [0.717, 1.165) is 10.6 Å². The molecule has 142 valence electrons. The number of carbonyl (C=O) groups excluding carboxylic acids is 1. The molecule has 0 aromatic heterocycles. The first kappa shape index (κ1) is 21.0. The second-order valence-corrected chi connectivity index (χ2v) is 7.11. The first-order chi connectivity index (χ1) is 11.8. The molecule has 1 N–H and O–H groups in total. The summed E-state index contributed by atoms with van der Waals surface area (Å²) in [6, 6.07) is 4.71. The van der Waals surface area contributed by atoms with Crippen molar-refractivity contribution in [3.05, 3.63) is 18.2 Å². The van der Waals surface area contributed by atoms with Crippen LogP contribution in [0, 0.1) is 0 Å². The van der Waals surface area contributed by atoms with Gasteiger partial charge in [-0.1, -0.05) is 0 Å². The zero-order chi connectivity index (χ0) is 18.9.